The van der Waals surface area contributed by atoms with Crippen LogP contribution in [0.15, 0.2) is 42.7 Å². The van der Waals surface area contributed by atoms with Gasteiger partial charge in [0, 0.05) is 0 Å². The Morgan fingerprint density at radius 3 is 2.78 bits per heavy atom. The standard InChI is InChI=1S/C15H18O3/c1-4-13-8-6-7-9-14(13)11-17-10-12(3)15(16)18-5-2/h4,6-10H,1,5,11H2,2-3H3. The van der Waals surface area contributed by atoms with Gasteiger partial charge < -0.3 is 9.47 Å². The molecule has 0 saturated heterocycles. The fourth-order valence-electron chi connectivity index (χ4n) is 1.41. The summed E-state index contributed by atoms with van der Waals surface area (Å²) >= 11 is 0. The van der Waals surface area contributed by atoms with Gasteiger partial charge in [-0.25, -0.2) is 4.79 Å². The van der Waals surface area contributed by atoms with Crippen LogP contribution in [0.5, 0.6) is 0 Å². The third-order valence-corrected chi connectivity index (χ3v) is 2.37. The van der Waals surface area contributed by atoms with E-state index in [1.54, 1.807) is 19.9 Å². The molecule has 0 N–H and O–H groups in total. The molecule has 0 fully saturated rings. The van der Waals surface area contributed by atoms with E-state index < -0.39 is 0 Å². The lowest BCUT2D eigenvalue weighted by Crippen LogP contribution is -2.05. The van der Waals surface area contributed by atoms with E-state index in [2.05, 4.69) is 6.58 Å². The van der Waals surface area contributed by atoms with Crippen LogP contribution in [0, 0.1) is 0 Å². The molecule has 18 heavy (non-hydrogen) atoms. The van der Waals surface area contributed by atoms with Crippen LogP contribution in [0.1, 0.15) is 25.0 Å². The second-order valence-corrected chi connectivity index (χ2v) is 3.74. The van der Waals surface area contributed by atoms with Crippen LogP contribution in [0.4, 0.5) is 0 Å². The second-order valence-electron chi connectivity index (χ2n) is 3.74. The highest BCUT2D eigenvalue weighted by Gasteiger charge is 2.04. The molecule has 0 spiro atoms. The van der Waals surface area contributed by atoms with Crippen molar-refractivity contribution < 1.29 is 14.3 Å². The van der Waals surface area contributed by atoms with Gasteiger partial charge in [-0.2, -0.15) is 0 Å². The average Bonchev–Trinajstić information content (AvgIpc) is 2.39. The normalized spacial score (nSPS) is 10.9. The van der Waals surface area contributed by atoms with Gasteiger partial charge in [-0.1, -0.05) is 36.9 Å². The minimum absolute atomic E-state index is 0.352. The SMILES string of the molecule is C=Cc1ccccc1COC=C(C)C(=O)OCC. The first-order chi connectivity index (χ1) is 8.69. The summed E-state index contributed by atoms with van der Waals surface area (Å²) in [6.45, 7) is 7.94. The average molecular weight is 246 g/mol. The zero-order valence-electron chi connectivity index (χ0n) is 10.8. The zero-order valence-corrected chi connectivity index (χ0v) is 10.8. The molecule has 0 aromatic heterocycles. The monoisotopic (exact) mass is 246 g/mol. The summed E-state index contributed by atoms with van der Waals surface area (Å²) in [7, 11) is 0. The highest BCUT2D eigenvalue weighted by atomic mass is 16.5. The van der Waals surface area contributed by atoms with Crippen molar-refractivity contribution in [2.45, 2.75) is 20.5 Å². The Labute approximate surface area is 108 Å². The summed E-state index contributed by atoms with van der Waals surface area (Å²) in [6, 6.07) is 7.81. The molecule has 96 valence electrons. The van der Waals surface area contributed by atoms with Crippen molar-refractivity contribution in [1.29, 1.82) is 0 Å². The number of hydrogen-bond donors (Lipinski definition) is 0. The summed E-state index contributed by atoms with van der Waals surface area (Å²) in [5, 5.41) is 0. The smallest absolute Gasteiger partial charge is 0.336 e. The second kappa shape index (κ2) is 7.33. The minimum Gasteiger partial charge on any atom is -0.496 e. The van der Waals surface area contributed by atoms with Gasteiger partial charge in [-0.05, 0) is 25.0 Å². The molecule has 0 heterocycles. The molecule has 0 atom stereocenters. The van der Waals surface area contributed by atoms with Crippen molar-refractivity contribution in [3.8, 4) is 0 Å². The molecule has 0 amide bonds. The summed E-state index contributed by atoms with van der Waals surface area (Å²) in [6.07, 6.45) is 3.21. The molecule has 0 aliphatic heterocycles. The lowest BCUT2D eigenvalue weighted by Gasteiger charge is -2.06. The third kappa shape index (κ3) is 4.09. The first-order valence-electron chi connectivity index (χ1n) is 5.84. The number of rotatable bonds is 6. The summed E-state index contributed by atoms with van der Waals surface area (Å²) in [5.74, 6) is -0.352. The van der Waals surface area contributed by atoms with Crippen molar-refractivity contribution in [2.75, 3.05) is 6.61 Å². The summed E-state index contributed by atoms with van der Waals surface area (Å²) in [4.78, 5) is 11.3. The van der Waals surface area contributed by atoms with Crippen LogP contribution < -0.4 is 0 Å². The van der Waals surface area contributed by atoms with Crippen molar-refractivity contribution in [3.05, 3.63) is 53.8 Å². The fourth-order valence-corrected chi connectivity index (χ4v) is 1.41. The number of carbonyl (C=O) groups is 1. The van der Waals surface area contributed by atoms with E-state index >= 15 is 0 Å². The van der Waals surface area contributed by atoms with E-state index in [1.807, 2.05) is 24.3 Å². The van der Waals surface area contributed by atoms with E-state index in [9.17, 15) is 4.79 Å². The largest absolute Gasteiger partial charge is 0.496 e. The van der Waals surface area contributed by atoms with Crippen LogP contribution >= 0.6 is 0 Å². The first-order valence-corrected chi connectivity index (χ1v) is 5.84. The maximum Gasteiger partial charge on any atom is 0.336 e. The number of ether oxygens (including phenoxy) is 2. The molecule has 0 saturated carbocycles. The van der Waals surface area contributed by atoms with Gasteiger partial charge in [0.2, 0.25) is 0 Å². The summed E-state index contributed by atoms with van der Waals surface area (Å²) < 4.78 is 10.2. The molecule has 0 aliphatic rings. The Hall–Kier alpha value is -2.03. The Morgan fingerprint density at radius 1 is 1.39 bits per heavy atom. The predicted molar refractivity (Wildman–Crippen MR) is 71.7 cm³/mol. The molecule has 0 aliphatic carbocycles. The van der Waals surface area contributed by atoms with Gasteiger partial charge in [0.25, 0.3) is 0 Å². The Balaban J connectivity index is 2.58. The molecular weight excluding hydrogens is 228 g/mol. The van der Waals surface area contributed by atoms with Crippen LogP contribution in [0.3, 0.4) is 0 Å². The van der Waals surface area contributed by atoms with Crippen molar-refractivity contribution in [2.24, 2.45) is 0 Å². The molecule has 1 aromatic carbocycles. The number of carbonyl (C=O) groups excluding carboxylic acids is 1. The van der Waals surface area contributed by atoms with Crippen molar-refractivity contribution in [3.63, 3.8) is 0 Å². The van der Waals surface area contributed by atoms with E-state index in [4.69, 9.17) is 9.47 Å². The number of esters is 1. The van der Waals surface area contributed by atoms with Crippen molar-refractivity contribution >= 4 is 12.0 Å². The lowest BCUT2D eigenvalue weighted by atomic mass is 10.1. The predicted octanol–water partition coefficient (Wildman–Crippen LogP) is 3.31. The van der Waals surface area contributed by atoms with Crippen LogP contribution in [-0.2, 0) is 20.9 Å². The van der Waals surface area contributed by atoms with E-state index in [-0.39, 0.29) is 5.97 Å². The maximum atomic E-state index is 11.3. The molecule has 0 unspecified atom stereocenters. The molecule has 1 rings (SSSR count). The molecule has 3 heteroatoms. The number of benzene rings is 1. The molecule has 0 bridgehead atoms. The fraction of sp³-hybridized carbons (Fsp3) is 0.267. The van der Waals surface area contributed by atoms with Gasteiger partial charge in [0.15, 0.2) is 0 Å². The van der Waals surface area contributed by atoms with Crippen LogP contribution in [-0.4, -0.2) is 12.6 Å². The number of hydrogen-bond acceptors (Lipinski definition) is 3. The molecule has 3 nitrogen and oxygen atoms in total. The Kier molecular flexibility index (Phi) is 5.71. The van der Waals surface area contributed by atoms with Gasteiger partial charge >= 0.3 is 5.97 Å². The van der Waals surface area contributed by atoms with E-state index in [0.29, 0.717) is 18.8 Å². The Bertz CT molecular complexity index is 447. The highest BCUT2D eigenvalue weighted by molar-refractivity contribution is 5.87. The Morgan fingerprint density at radius 2 is 2.11 bits per heavy atom. The maximum absolute atomic E-state index is 11.3. The third-order valence-electron chi connectivity index (χ3n) is 2.37. The van der Waals surface area contributed by atoms with Gasteiger partial charge in [-0.3, -0.25) is 0 Å². The van der Waals surface area contributed by atoms with Crippen LogP contribution in [0.25, 0.3) is 6.08 Å². The van der Waals surface area contributed by atoms with Crippen molar-refractivity contribution in [1.82, 2.24) is 0 Å². The lowest BCUT2D eigenvalue weighted by molar-refractivity contribution is -0.138. The highest BCUT2D eigenvalue weighted by Crippen LogP contribution is 2.11. The summed E-state index contributed by atoms with van der Waals surface area (Å²) in [5.41, 5.74) is 2.51. The quantitative estimate of drug-likeness (QED) is 0.439. The van der Waals surface area contributed by atoms with Gasteiger partial charge in [0.1, 0.15) is 6.61 Å². The van der Waals surface area contributed by atoms with Gasteiger partial charge in [-0.15, -0.1) is 0 Å². The van der Waals surface area contributed by atoms with Crippen LogP contribution in [0.2, 0.25) is 0 Å². The molecule has 1 aromatic rings. The molecule has 0 radical (unpaired) electrons. The van der Waals surface area contributed by atoms with E-state index in [1.165, 1.54) is 6.26 Å². The van der Waals surface area contributed by atoms with E-state index in [0.717, 1.165) is 11.1 Å². The first kappa shape index (κ1) is 14.0. The minimum atomic E-state index is -0.352. The molecular formula is C15H18O3. The topological polar surface area (TPSA) is 35.5 Å². The van der Waals surface area contributed by atoms with Gasteiger partial charge in [0.05, 0.1) is 18.4 Å². The zero-order chi connectivity index (χ0) is 13.4.